The molecule has 0 saturated carbocycles. The number of rotatable bonds is 9. The average Bonchev–Trinajstić information content (AvgIpc) is 2.73. The van der Waals surface area contributed by atoms with Gasteiger partial charge in [0.05, 0.1) is 10.0 Å². The molecule has 0 fully saturated rings. The van der Waals surface area contributed by atoms with Crippen LogP contribution in [-0.2, 0) is 10.8 Å². The van der Waals surface area contributed by atoms with Crippen LogP contribution in [0.5, 0.6) is 11.5 Å². The Morgan fingerprint density at radius 1 is 0.706 bits per heavy atom. The Labute approximate surface area is 221 Å². The second-order valence-corrected chi connectivity index (χ2v) is 13.5. The van der Waals surface area contributed by atoms with Crippen molar-refractivity contribution in [3.05, 3.63) is 56.6 Å². The Hall–Kier alpha value is -1.34. The first-order valence-electron chi connectivity index (χ1n) is 11.1. The Balaban J connectivity index is 1.77. The molecule has 0 heterocycles. The van der Waals surface area contributed by atoms with Gasteiger partial charge < -0.3 is 10.2 Å². The Kier molecular flexibility index (Phi) is 10.7. The lowest BCUT2D eigenvalue weighted by Crippen LogP contribution is -2.11. The number of phenolic OH excluding ortho intramolecular Hbond substituents is 2. The first-order chi connectivity index (χ1) is 15.8. The monoisotopic (exact) mass is 540 g/mol. The van der Waals surface area contributed by atoms with E-state index in [9.17, 15) is 10.2 Å². The molecule has 0 radical (unpaired) electrons. The maximum absolute atomic E-state index is 10.2. The second-order valence-electron chi connectivity index (χ2n) is 10.0. The molecule has 2 rings (SSSR count). The van der Waals surface area contributed by atoms with E-state index in [0.29, 0.717) is 34.3 Å². The molecule has 4 nitrogen and oxygen atoms in total. The van der Waals surface area contributed by atoms with E-state index in [1.165, 1.54) is 0 Å². The number of aliphatic imine (C=N–C) groups is 2. The van der Waals surface area contributed by atoms with E-state index >= 15 is 0 Å². The lowest BCUT2D eigenvalue weighted by atomic mass is 9.86. The van der Waals surface area contributed by atoms with Gasteiger partial charge in [0.2, 0.25) is 0 Å². The Morgan fingerprint density at radius 3 is 1.38 bits per heavy atom. The van der Waals surface area contributed by atoms with Gasteiger partial charge in [-0.3, -0.25) is 9.98 Å². The van der Waals surface area contributed by atoms with Crippen LogP contribution in [0.3, 0.4) is 0 Å². The Morgan fingerprint density at radius 2 is 1.06 bits per heavy atom. The van der Waals surface area contributed by atoms with Crippen molar-refractivity contribution in [1.29, 1.82) is 0 Å². The third kappa shape index (κ3) is 8.71. The van der Waals surface area contributed by atoms with Crippen LogP contribution in [-0.4, -0.2) is 47.2 Å². The molecule has 0 atom stereocenters. The summed E-state index contributed by atoms with van der Waals surface area (Å²) in [5.41, 5.74) is 3.28. The molecule has 0 spiro atoms. The predicted molar refractivity (Wildman–Crippen MR) is 153 cm³/mol. The smallest absolute Gasteiger partial charge is 0.142 e. The number of hydrogen-bond donors (Lipinski definition) is 2. The largest absolute Gasteiger partial charge is 0.506 e. The van der Waals surface area contributed by atoms with E-state index in [1.54, 1.807) is 46.1 Å². The highest BCUT2D eigenvalue weighted by molar-refractivity contribution is 8.76. The molecule has 0 aromatic heterocycles. The van der Waals surface area contributed by atoms with E-state index in [4.69, 9.17) is 23.2 Å². The summed E-state index contributed by atoms with van der Waals surface area (Å²) < 4.78 is 0. The minimum Gasteiger partial charge on any atom is -0.506 e. The van der Waals surface area contributed by atoms with Crippen LogP contribution in [0.25, 0.3) is 0 Å². The number of aromatic hydroxyl groups is 2. The van der Waals surface area contributed by atoms with Crippen molar-refractivity contribution in [3.8, 4) is 11.5 Å². The van der Waals surface area contributed by atoms with Crippen LogP contribution >= 0.6 is 44.8 Å². The maximum atomic E-state index is 10.2. The summed E-state index contributed by atoms with van der Waals surface area (Å²) in [6.07, 6.45) is 3.38. The molecular formula is C26H34Cl2N2O2S2. The van der Waals surface area contributed by atoms with Crippen LogP contribution in [0.2, 0.25) is 10.0 Å². The molecule has 2 aromatic carbocycles. The molecule has 0 aliphatic heterocycles. The zero-order chi connectivity index (χ0) is 25.5. The highest BCUT2D eigenvalue weighted by Gasteiger charge is 2.18. The van der Waals surface area contributed by atoms with Gasteiger partial charge in [-0.1, -0.05) is 86.3 Å². The van der Waals surface area contributed by atoms with E-state index < -0.39 is 0 Å². The van der Waals surface area contributed by atoms with Crippen molar-refractivity contribution < 1.29 is 10.2 Å². The first-order valence-corrected chi connectivity index (χ1v) is 14.3. The lowest BCUT2D eigenvalue weighted by molar-refractivity contribution is 0.473. The SMILES string of the molecule is CC(C)(C)c1cc(Cl)c(O)c(C=NCCSSCCN=Cc2cc(C(C)(C)C)cc(Cl)c2O)c1. The molecular weight excluding hydrogens is 507 g/mol. The molecule has 34 heavy (non-hydrogen) atoms. The van der Waals surface area contributed by atoms with Gasteiger partial charge in [-0.25, -0.2) is 0 Å². The van der Waals surface area contributed by atoms with Crippen molar-refractivity contribution in [3.63, 3.8) is 0 Å². The third-order valence-corrected chi connectivity index (χ3v) is 8.01. The zero-order valence-electron chi connectivity index (χ0n) is 20.7. The standard InChI is InChI=1S/C26H34Cl2N2O2S2/c1-25(2,3)19-11-17(23(31)21(27)13-19)15-29-7-9-33-34-10-8-30-16-18-12-20(26(4,5)6)14-22(28)24(18)32/h11-16,31-32H,7-10H2,1-6H3. The number of hydrogen-bond acceptors (Lipinski definition) is 6. The quantitative estimate of drug-likeness (QED) is 0.192. The highest BCUT2D eigenvalue weighted by Crippen LogP contribution is 2.34. The van der Waals surface area contributed by atoms with Gasteiger partial charge in [0.15, 0.2) is 0 Å². The predicted octanol–water partition coefficient (Wildman–Crippen LogP) is 7.92. The summed E-state index contributed by atoms with van der Waals surface area (Å²) in [7, 11) is 3.46. The van der Waals surface area contributed by atoms with E-state index in [-0.39, 0.29) is 22.3 Å². The first kappa shape index (κ1) is 28.9. The van der Waals surface area contributed by atoms with Crippen molar-refractivity contribution >= 4 is 57.2 Å². The summed E-state index contributed by atoms with van der Waals surface area (Å²) in [6.45, 7) is 13.9. The number of benzene rings is 2. The number of halogens is 2. The summed E-state index contributed by atoms with van der Waals surface area (Å²) >= 11 is 12.4. The summed E-state index contributed by atoms with van der Waals surface area (Å²) in [5, 5.41) is 21.1. The highest BCUT2D eigenvalue weighted by atomic mass is 35.5. The van der Waals surface area contributed by atoms with E-state index in [1.807, 2.05) is 12.1 Å². The van der Waals surface area contributed by atoms with Gasteiger partial charge in [-0.2, -0.15) is 0 Å². The molecule has 186 valence electrons. The molecule has 0 aliphatic carbocycles. The van der Waals surface area contributed by atoms with Crippen LogP contribution in [0.1, 0.15) is 63.8 Å². The molecule has 8 heteroatoms. The Bertz CT molecular complexity index is 959. The van der Waals surface area contributed by atoms with Gasteiger partial charge in [-0.15, -0.1) is 0 Å². The minimum absolute atomic E-state index is 0.0602. The number of phenols is 2. The molecule has 0 amide bonds. The van der Waals surface area contributed by atoms with Gasteiger partial charge in [0, 0.05) is 48.2 Å². The normalized spacial score (nSPS) is 12.8. The van der Waals surface area contributed by atoms with E-state index in [2.05, 4.69) is 51.5 Å². The van der Waals surface area contributed by atoms with Crippen molar-refractivity contribution in [2.24, 2.45) is 9.98 Å². The molecule has 0 saturated heterocycles. The fourth-order valence-corrected chi connectivity index (χ4v) is 5.13. The summed E-state index contributed by atoms with van der Waals surface area (Å²) in [6, 6.07) is 7.49. The van der Waals surface area contributed by atoms with Crippen molar-refractivity contribution in [2.45, 2.75) is 52.4 Å². The maximum Gasteiger partial charge on any atom is 0.142 e. The van der Waals surface area contributed by atoms with Gasteiger partial charge in [0.25, 0.3) is 0 Å². The molecule has 0 bridgehead atoms. The average molecular weight is 542 g/mol. The summed E-state index contributed by atoms with van der Waals surface area (Å²) in [5.74, 6) is 1.84. The molecule has 2 N–H and O–H groups in total. The van der Waals surface area contributed by atoms with Crippen molar-refractivity contribution in [1.82, 2.24) is 0 Å². The van der Waals surface area contributed by atoms with Crippen LogP contribution in [0, 0.1) is 0 Å². The lowest BCUT2D eigenvalue weighted by Gasteiger charge is -2.20. The fraction of sp³-hybridized carbons (Fsp3) is 0.462. The third-order valence-electron chi connectivity index (χ3n) is 5.07. The topological polar surface area (TPSA) is 65.2 Å². The second kappa shape index (κ2) is 12.6. The molecule has 0 unspecified atom stereocenters. The minimum atomic E-state index is -0.0602. The molecule has 2 aromatic rings. The molecule has 0 aliphatic rings. The van der Waals surface area contributed by atoms with Gasteiger partial charge >= 0.3 is 0 Å². The van der Waals surface area contributed by atoms with Crippen LogP contribution in [0.15, 0.2) is 34.3 Å². The van der Waals surface area contributed by atoms with Crippen LogP contribution in [0.4, 0.5) is 0 Å². The summed E-state index contributed by atoms with van der Waals surface area (Å²) in [4.78, 5) is 8.88. The fourth-order valence-electron chi connectivity index (χ4n) is 2.93. The van der Waals surface area contributed by atoms with E-state index in [0.717, 1.165) is 22.6 Å². The van der Waals surface area contributed by atoms with Crippen LogP contribution < -0.4 is 0 Å². The zero-order valence-corrected chi connectivity index (χ0v) is 23.8. The number of nitrogens with zero attached hydrogens (tertiary/aromatic N) is 2. The van der Waals surface area contributed by atoms with Gasteiger partial charge in [-0.05, 0) is 46.2 Å². The van der Waals surface area contributed by atoms with Crippen molar-refractivity contribution in [2.75, 3.05) is 24.6 Å². The van der Waals surface area contributed by atoms with Gasteiger partial charge in [0.1, 0.15) is 11.5 Å².